The predicted molar refractivity (Wildman–Crippen MR) is 159 cm³/mol. The molecule has 1 heterocycles. The van der Waals surface area contributed by atoms with Crippen LogP contribution in [0.1, 0.15) is 40.2 Å². The summed E-state index contributed by atoms with van der Waals surface area (Å²) in [5, 5.41) is 4.54. The molecule has 1 saturated carbocycles. The maximum absolute atomic E-state index is 15.4. The van der Waals surface area contributed by atoms with E-state index in [4.69, 9.17) is 39.5 Å². The van der Waals surface area contributed by atoms with Crippen LogP contribution in [-0.2, 0) is 20.5 Å². The number of benzene rings is 3. The van der Waals surface area contributed by atoms with Crippen LogP contribution in [0.3, 0.4) is 0 Å². The molecule has 16 heteroatoms. The quantitative estimate of drug-likeness (QED) is 0.195. The second-order valence-corrected chi connectivity index (χ2v) is 12.5. The molecule has 46 heavy (non-hydrogen) atoms. The highest BCUT2D eigenvalue weighted by Gasteiger charge is 2.67. The molecule has 1 aliphatic carbocycles. The molecule has 1 saturated heterocycles. The van der Waals surface area contributed by atoms with Crippen LogP contribution >= 0.6 is 34.8 Å². The first-order valence-corrected chi connectivity index (χ1v) is 14.7. The SMILES string of the molecule is CN(C(=O)c1cc(NC(=O)[C@H]2[C@H](c3ccc(F)c(C(F)(F)F)c3)C2(Cl)Cl)ccc1Cl)c1ccc(F)c(NC(=O)C2CCCO2)c1F. The highest BCUT2D eigenvalue weighted by Crippen LogP contribution is 2.65. The first-order valence-electron chi connectivity index (χ1n) is 13.6. The summed E-state index contributed by atoms with van der Waals surface area (Å²) in [4.78, 5) is 39.7. The third-order valence-corrected chi connectivity index (χ3v) is 8.93. The fraction of sp³-hybridized carbons (Fsp3) is 0.300. The molecule has 0 bridgehead atoms. The maximum atomic E-state index is 15.4. The number of anilines is 3. The summed E-state index contributed by atoms with van der Waals surface area (Å²) in [6, 6.07) is 7.75. The minimum Gasteiger partial charge on any atom is -0.368 e. The number of rotatable bonds is 7. The number of hydrogen-bond acceptors (Lipinski definition) is 4. The highest BCUT2D eigenvalue weighted by molar-refractivity contribution is 6.53. The van der Waals surface area contributed by atoms with E-state index in [-0.39, 0.29) is 21.8 Å². The van der Waals surface area contributed by atoms with Crippen LogP contribution < -0.4 is 15.5 Å². The lowest BCUT2D eigenvalue weighted by Crippen LogP contribution is -2.30. The predicted octanol–water partition coefficient (Wildman–Crippen LogP) is 7.70. The molecule has 2 aliphatic rings. The summed E-state index contributed by atoms with van der Waals surface area (Å²) < 4.78 is 86.8. The fourth-order valence-electron chi connectivity index (χ4n) is 5.20. The van der Waals surface area contributed by atoms with Gasteiger partial charge in [-0.1, -0.05) is 17.7 Å². The summed E-state index contributed by atoms with van der Waals surface area (Å²) in [7, 11) is 1.17. The largest absolute Gasteiger partial charge is 0.419 e. The second kappa shape index (κ2) is 12.6. The van der Waals surface area contributed by atoms with E-state index < -0.39 is 80.6 Å². The lowest BCUT2D eigenvalue weighted by atomic mass is 10.0. The minimum atomic E-state index is -5.00. The standard InChI is InChI=1S/C30H22Cl3F6N3O4/c1-42(20-9-8-19(35)25(24(20)36)41-26(43)21-3-2-10-46-21)28(45)15-12-14(5-6-17(15)31)40-27(44)23-22(29(23,32)33)13-4-7-18(34)16(11-13)30(37,38)39/h4-9,11-12,21-23H,2-3,10H2,1H3,(H,40,44)(H,41,43)/t21?,22-,23+/m0/s1. The van der Waals surface area contributed by atoms with Crippen molar-refractivity contribution in [3.05, 3.63) is 87.7 Å². The zero-order valence-electron chi connectivity index (χ0n) is 23.5. The van der Waals surface area contributed by atoms with Crippen LogP contribution in [0.15, 0.2) is 48.5 Å². The number of amides is 3. The Balaban J connectivity index is 1.34. The lowest BCUT2D eigenvalue weighted by Gasteiger charge is -2.21. The van der Waals surface area contributed by atoms with E-state index in [1.165, 1.54) is 19.2 Å². The van der Waals surface area contributed by atoms with Crippen LogP contribution in [0.4, 0.5) is 43.4 Å². The van der Waals surface area contributed by atoms with Crippen molar-refractivity contribution in [3.8, 4) is 0 Å². The maximum Gasteiger partial charge on any atom is 0.419 e. The second-order valence-electron chi connectivity index (χ2n) is 10.7. The molecule has 1 aliphatic heterocycles. The van der Waals surface area contributed by atoms with Gasteiger partial charge in [0.15, 0.2) is 5.82 Å². The third kappa shape index (κ3) is 6.51. The van der Waals surface area contributed by atoms with Crippen molar-refractivity contribution in [2.45, 2.75) is 35.4 Å². The van der Waals surface area contributed by atoms with Gasteiger partial charge < -0.3 is 20.3 Å². The number of nitrogens with one attached hydrogen (secondary N) is 2. The van der Waals surface area contributed by atoms with Crippen LogP contribution in [0.25, 0.3) is 0 Å². The molecular weight excluding hydrogens is 687 g/mol. The monoisotopic (exact) mass is 707 g/mol. The first kappa shape index (κ1) is 33.8. The van der Waals surface area contributed by atoms with E-state index in [9.17, 15) is 36.3 Å². The van der Waals surface area contributed by atoms with Crippen molar-refractivity contribution in [2.24, 2.45) is 5.92 Å². The number of carbonyl (C=O) groups excluding carboxylic acids is 3. The molecule has 3 amide bonds. The van der Waals surface area contributed by atoms with Crippen molar-refractivity contribution in [2.75, 3.05) is 29.2 Å². The average molecular weight is 709 g/mol. The van der Waals surface area contributed by atoms with Gasteiger partial charge in [-0.15, -0.1) is 23.2 Å². The normalized spacial score (nSPS) is 20.3. The Morgan fingerprint density at radius 2 is 1.65 bits per heavy atom. The Morgan fingerprint density at radius 1 is 0.957 bits per heavy atom. The molecule has 1 unspecified atom stereocenters. The first-order chi connectivity index (χ1) is 21.5. The molecule has 0 radical (unpaired) electrons. The summed E-state index contributed by atoms with van der Waals surface area (Å²) in [5.74, 6) is -8.65. The topological polar surface area (TPSA) is 87.7 Å². The van der Waals surface area contributed by atoms with E-state index >= 15 is 4.39 Å². The molecule has 3 aromatic rings. The van der Waals surface area contributed by atoms with Crippen molar-refractivity contribution < 1.29 is 45.5 Å². The van der Waals surface area contributed by atoms with Crippen molar-refractivity contribution in [3.63, 3.8) is 0 Å². The van der Waals surface area contributed by atoms with Gasteiger partial charge in [0, 0.05) is 25.3 Å². The molecule has 0 spiro atoms. The highest BCUT2D eigenvalue weighted by atomic mass is 35.5. The lowest BCUT2D eigenvalue weighted by molar-refractivity contribution is -0.140. The van der Waals surface area contributed by atoms with Gasteiger partial charge in [-0.05, 0) is 60.9 Å². The van der Waals surface area contributed by atoms with Crippen molar-refractivity contribution in [1.82, 2.24) is 0 Å². The Hall–Kier alpha value is -3.52. The van der Waals surface area contributed by atoms with E-state index in [0.717, 1.165) is 29.2 Å². The molecule has 0 aromatic heterocycles. The number of nitrogens with zero attached hydrogens (tertiary/aromatic N) is 1. The number of ether oxygens (including phenoxy) is 1. The summed E-state index contributed by atoms with van der Waals surface area (Å²) in [5.41, 5.74) is -3.07. The molecule has 5 rings (SSSR count). The van der Waals surface area contributed by atoms with Gasteiger partial charge >= 0.3 is 6.18 Å². The Kier molecular flexibility index (Phi) is 9.26. The van der Waals surface area contributed by atoms with E-state index in [2.05, 4.69) is 10.6 Å². The zero-order chi connectivity index (χ0) is 33.7. The molecule has 244 valence electrons. The van der Waals surface area contributed by atoms with Gasteiger partial charge in [-0.2, -0.15) is 13.2 Å². The van der Waals surface area contributed by atoms with Crippen LogP contribution in [-0.4, -0.2) is 41.8 Å². The number of hydrogen-bond donors (Lipinski definition) is 2. The van der Waals surface area contributed by atoms with Crippen molar-refractivity contribution >= 4 is 69.6 Å². The van der Waals surface area contributed by atoms with Crippen LogP contribution in [0, 0.1) is 23.4 Å². The van der Waals surface area contributed by atoms with Gasteiger partial charge in [0.25, 0.3) is 11.8 Å². The Labute approximate surface area is 272 Å². The summed E-state index contributed by atoms with van der Waals surface area (Å²) >= 11 is 18.7. The van der Waals surface area contributed by atoms with Crippen LogP contribution in [0.2, 0.25) is 5.02 Å². The van der Waals surface area contributed by atoms with Gasteiger partial charge in [-0.25, -0.2) is 13.2 Å². The molecule has 2 fully saturated rings. The molecule has 2 N–H and O–H groups in total. The average Bonchev–Trinajstić information content (AvgIpc) is 3.29. The summed E-state index contributed by atoms with van der Waals surface area (Å²) in [6.07, 6.45) is -4.89. The van der Waals surface area contributed by atoms with Gasteiger partial charge in [0.1, 0.15) is 27.8 Å². The fourth-order valence-corrected chi connectivity index (χ4v) is 6.23. The number of alkyl halides is 5. The summed E-state index contributed by atoms with van der Waals surface area (Å²) in [6.45, 7) is 0.331. The smallest absolute Gasteiger partial charge is 0.368 e. The Morgan fingerprint density at radius 3 is 2.30 bits per heavy atom. The molecular formula is C30H22Cl3F6N3O4. The van der Waals surface area contributed by atoms with E-state index in [1.807, 2.05) is 0 Å². The van der Waals surface area contributed by atoms with Gasteiger partial charge in [0.2, 0.25) is 5.91 Å². The van der Waals surface area contributed by atoms with E-state index in [1.54, 1.807) is 0 Å². The molecule has 3 atom stereocenters. The Bertz CT molecular complexity index is 1730. The minimum absolute atomic E-state index is 0.000106. The van der Waals surface area contributed by atoms with E-state index in [0.29, 0.717) is 31.6 Å². The molecule has 7 nitrogen and oxygen atoms in total. The van der Waals surface area contributed by atoms with Crippen LogP contribution in [0.5, 0.6) is 0 Å². The number of carbonyl (C=O) groups is 3. The number of halogens is 9. The third-order valence-electron chi connectivity index (χ3n) is 7.66. The zero-order valence-corrected chi connectivity index (χ0v) is 25.7. The van der Waals surface area contributed by atoms with Gasteiger partial charge in [-0.3, -0.25) is 14.4 Å². The van der Waals surface area contributed by atoms with Gasteiger partial charge in [0.05, 0.1) is 27.8 Å². The van der Waals surface area contributed by atoms with Crippen molar-refractivity contribution in [1.29, 1.82) is 0 Å². The molecule has 3 aromatic carbocycles.